The van der Waals surface area contributed by atoms with Gasteiger partial charge in [-0.15, -0.1) is 5.10 Å². The second kappa shape index (κ2) is 6.88. The molecule has 0 atom stereocenters. The number of aromatic nitrogens is 4. The summed E-state index contributed by atoms with van der Waals surface area (Å²) in [6.45, 7) is 5.69. The lowest BCUT2D eigenvalue weighted by molar-refractivity contribution is 0.296. The molecule has 0 aliphatic carbocycles. The molecule has 1 aromatic carbocycles. The monoisotopic (exact) mass is 275 g/mol. The van der Waals surface area contributed by atoms with Gasteiger partial charge >= 0.3 is 0 Å². The van der Waals surface area contributed by atoms with Crippen LogP contribution in [0.5, 0.6) is 5.75 Å². The molecular formula is C14H21N5O. The van der Waals surface area contributed by atoms with Gasteiger partial charge in [0.1, 0.15) is 5.75 Å². The van der Waals surface area contributed by atoms with Gasteiger partial charge in [-0.3, -0.25) is 0 Å². The summed E-state index contributed by atoms with van der Waals surface area (Å²) >= 11 is 0. The summed E-state index contributed by atoms with van der Waals surface area (Å²) in [5, 5.41) is 11.8. The van der Waals surface area contributed by atoms with Crippen LogP contribution in [0.3, 0.4) is 0 Å². The number of hydrogen-bond donors (Lipinski definition) is 1. The number of rotatable bonds is 7. The molecule has 0 saturated carbocycles. The lowest BCUT2D eigenvalue weighted by atomic mass is 10.1. The molecule has 2 rings (SSSR count). The number of aryl methyl sites for hydroxylation is 1. The first-order valence-electron chi connectivity index (χ1n) is 6.88. The second-order valence-corrected chi connectivity index (χ2v) is 5.19. The van der Waals surface area contributed by atoms with Gasteiger partial charge in [0.25, 0.3) is 0 Å². The second-order valence-electron chi connectivity index (χ2n) is 5.19. The molecule has 0 radical (unpaired) electrons. The van der Waals surface area contributed by atoms with Crippen LogP contribution in [-0.2, 0) is 13.0 Å². The average Bonchev–Trinajstić information content (AvgIpc) is 2.81. The van der Waals surface area contributed by atoms with Gasteiger partial charge in [0.15, 0.2) is 5.82 Å². The molecule has 0 saturated heterocycles. The highest BCUT2D eigenvalue weighted by atomic mass is 16.5. The minimum absolute atomic E-state index is 0.545. The highest BCUT2D eigenvalue weighted by Gasteiger charge is 2.07. The van der Waals surface area contributed by atoms with Gasteiger partial charge in [0, 0.05) is 31.1 Å². The third-order valence-corrected chi connectivity index (χ3v) is 2.84. The van der Waals surface area contributed by atoms with Gasteiger partial charge in [-0.2, -0.15) is 0 Å². The van der Waals surface area contributed by atoms with Crippen LogP contribution in [0.15, 0.2) is 24.3 Å². The number of anilines is 1. The molecule has 0 aliphatic heterocycles. The Morgan fingerprint density at radius 3 is 2.95 bits per heavy atom. The molecule has 0 fully saturated rings. The maximum atomic E-state index is 5.70. The normalized spacial score (nSPS) is 10.9. The Hall–Kier alpha value is -2.11. The lowest BCUT2D eigenvalue weighted by Crippen LogP contribution is -2.11. The maximum Gasteiger partial charge on any atom is 0.151 e. The zero-order chi connectivity index (χ0) is 14.4. The van der Waals surface area contributed by atoms with Crippen LogP contribution in [0, 0.1) is 5.92 Å². The van der Waals surface area contributed by atoms with E-state index in [2.05, 4.69) is 29.4 Å². The minimum Gasteiger partial charge on any atom is -0.493 e. The Bertz CT molecular complexity index is 538. The molecule has 1 heterocycles. The van der Waals surface area contributed by atoms with Crippen LogP contribution < -0.4 is 10.5 Å². The molecule has 1 aromatic heterocycles. The van der Waals surface area contributed by atoms with E-state index in [1.54, 1.807) is 0 Å². The van der Waals surface area contributed by atoms with Crippen molar-refractivity contribution in [1.82, 2.24) is 20.2 Å². The van der Waals surface area contributed by atoms with Crippen molar-refractivity contribution in [3.8, 4) is 5.75 Å². The third kappa shape index (κ3) is 4.22. The molecule has 0 amide bonds. The molecule has 0 bridgehead atoms. The Morgan fingerprint density at radius 1 is 1.35 bits per heavy atom. The van der Waals surface area contributed by atoms with Crippen molar-refractivity contribution in [3.63, 3.8) is 0 Å². The van der Waals surface area contributed by atoms with Crippen molar-refractivity contribution in [2.75, 3.05) is 12.3 Å². The van der Waals surface area contributed by atoms with Gasteiger partial charge in [0.2, 0.25) is 0 Å². The molecule has 108 valence electrons. The number of nitrogens with zero attached hydrogens (tertiary/aromatic N) is 4. The summed E-state index contributed by atoms with van der Waals surface area (Å²) in [7, 11) is 0. The summed E-state index contributed by atoms with van der Waals surface area (Å²) in [6.07, 6.45) is 1.74. The van der Waals surface area contributed by atoms with E-state index in [4.69, 9.17) is 10.5 Å². The largest absolute Gasteiger partial charge is 0.493 e. The van der Waals surface area contributed by atoms with Crippen molar-refractivity contribution < 1.29 is 4.74 Å². The van der Waals surface area contributed by atoms with Crippen LogP contribution in [0.25, 0.3) is 0 Å². The number of ether oxygens (including phenoxy) is 1. The number of benzene rings is 1. The topological polar surface area (TPSA) is 78.8 Å². The van der Waals surface area contributed by atoms with Crippen molar-refractivity contribution in [3.05, 3.63) is 30.1 Å². The number of hydrogen-bond acceptors (Lipinski definition) is 5. The summed E-state index contributed by atoms with van der Waals surface area (Å²) in [5.74, 6) is 2.27. The van der Waals surface area contributed by atoms with Crippen LogP contribution in [0.2, 0.25) is 0 Å². The van der Waals surface area contributed by atoms with E-state index >= 15 is 0 Å². The fourth-order valence-electron chi connectivity index (χ4n) is 1.92. The van der Waals surface area contributed by atoms with Gasteiger partial charge in [-0.1, -0.05) is 19.9 Å². The quantitative estimate of drug-likeness (QED) is 0.617. The van der Waals surface area contributed by atoms with Crippen molar-refractivity contribution in [2.24, 2.45) is 5.92 Å². The predicted octanol–water partition coefficient (Wildman–Crippen LogP) is 1.92. The first-order chi connectivity index (χ1) is 9.65. The van der Waals surface area contributed by atoms with Crippen LogP contribution >= 0.6 is 0 Å². The smallest absolute Gasteiger partial charge is 0.151 e. The van der Waals surface area contributed by atoms with Crippen molar-refractivity contribution in [2.45, 2.75) is 33.2 Å². The highest BCUT2D eigenvalue weighted by molar-refractivity contribution is 5.43. The fourth-order valence-corrected chi connectivity index (χ4v) is 1.92. The molecule has 0 spiro atoms. The number of nitrogen functional groups attached to an aromatic ring is 1. The first kappa shape index (κ1) is 14.3. The van der Waals surface area contributed by atoms with Crippen LogP contribution in [-0.4, -0.2) is 26.8 Å². The van der Waals surface area contributed by atoms with Gasteiger partial charge < -0.3 is 10.5 Å². The van der Waals surface area contributed by atoms with E-state index in [0.717, 1.165) is 31.0 Å². The Labute approximate surface area is 118 Å². The molecule has 6 heteroatoms. The maximum absolute atomic E-state index is 5.70. The molecule has 20 heavy (non-hydrogen) atoms. The Kier molecular flexibility index (Phi) is 4.92. The van der Waals surface area contributed by atoms with Crippen LogP contribution in [0.1, 0.15) is 26.1 Å². The van der Waals surface area contributed by atoms with E-state index in [-0.39, 0.29) is 0 Å². The van der Waals surface area contributed by atoms with Crippen molar-refractivity contribution in [1.29, 1.82) is 0 Å². The zero-order valence-corrected chi connectivity index (χ0v) is 12.0. The van der Waals surface area contributed by atoms with Crippen molar-refractivity contribution >= 4 is 5.69 Å². The van der Waals surface area contributed by atoms with Gasteiger partial charge in [-0.05, 0) is 28.5 Å². The Balaban J connectivity index is 1.77. The van der Waals surface area contributed by atoms with Crippen LogP contribution in [0.4, 0.5) is 5.69 Å². The Morgan fingerprint density at radius 2 is 2.20 bits per heavy atom. The SMILES string of the molecule is CC(C)Cc1nnnn1CCCOc1cccc(N)c1. The first-order valence-corrected chi connectivity index (χ1v) is 6.88. The van der Waals surface area contributed by atoms with E-state index in [0.29, 0.717) is 18.2 Å². The summed E-state index contributed by atoms with van der Waals surface area (Å²) in [5.41, 5.74) is 6.41. The van der Waals surface area contributed by atoms with Gasteiger partial charge in [0.05, 0.1) is 6.61 Å². The number of tetrazole rings is 1. The summed E-state index contributed by atoms with van der Waals surface area (Å²) in [4.78, 5) is 0. The average molecular weight is 275 g/mol. The summed E-state index contributed by atoms with van der Waals surface area (Å²) < 4.78 is 7.49. The zero-order valence-electron chi connectivity index (χ0n) is 12.0. The minimum atomic E-state index is 0.545. The predicted molar refractivity (Wildman–Crippen MR) is 77.3 cm³/mol. The molecule has 0 aliphatic rings. The molecule has 2 N–H and O–H groups in total. The van der Waals surface area contributed by atoms with E-state index in [1.165, 1.54) is 0 Å². The molecule has 2 aromatic rings. The standard InChI is InChI=1S/C14H21N5O/c1-11(2)9-14-16-17-18-19(14)7-4-8-20-13-6-3-5-12(15)10-13/h3,5-6,10-11H,4,7-9,15H2,1-2H3. The molecule has 6 nitrogen and oxygen atoms in total. The van der Waals surface area contributed by atoms with E-state index < -0.39 is 0 Å². The van der Waals surface area contributed by atoms with E-state index in [1.807, 2.05) is 28.9 Å². The lowest BCUT2D eigenvalue weighted by Gasteiger charge is -2.08. The highest BCUT2D eigenvalue weighted by Crippen LogP contribution is 2.14. The summed E-state index contributed by atoms with van der Waals surface area (Å²) in [6, 6.07) is 7.44. The number of nitrogens with two attached hydrogens (primary N) is 1. The van der Waals surface area contributed by atoms with E-state index in [9.17, 15) is 0 Å². The fraction of sp³-hybridized carbons (Fsp3) is 0.500. The third-order valence-electron chi connectivity index (χ3n) is 2.84. The van der Waals surface area contributed by atoms with Gasteiger partial charge in [-0.25, -0.2) is 4.68 Å². The molecule has 0 unspecified atom stereocenters. The molecular weight excluding hydrogens is 254 g/mol.